The highest BCUT2D eigenvalue weighted by Crippen LogP contribution is 2.10. The molecule has 2 N–H and O–H groups in total. The predicted molar refractivity (Wildman–Crippen MR) is 94.9 cm³/mol. The molecule has 0 heterocycles. The maximum atomic E-state index is 12.0. The van der Waals surface area contributed by atoms with E-state index < -0.39 is 0 Å². The van der Waals surface area contributed by atoms with Crippen molar-refractivity contribution in [1.29, 1.82) is 0 Å². The Hall–Kier alpha value is -2.39. The molecular weight excluding hydrogens is 284 g/mol. The number of benzene rings is 2. The summed E-state index contributed by atoms with van der Waals surface area (Å²) in [6, 6.07) is 20.3. The molecule has 0 unspecified atom stereocenters. The predicted octanol–water partition coefficient (Wildman–Crippen LogP) is 3.60. The number of hydrogen-bond donors (Lipinski definition) is 2. The van der Waals surface area contributed by atoms with Crippen LogP contribution in [-0.2, 0) is 11.3 Å². The molecule has 0 radical (unpaired) electrons. The SMILES string of the molecule is C[C@H](/C=C/C(=O)N[C@@H](C)c1ccccc1)NCc1ccccc1. The van der Waals surface area contributed by atoms with Crippen molar-refractivity contribution in [2.75, 3.05) is 0 Å². The van der Waals surface area contributed by atoms with Gasteiger partial charge in [0.15, 0.2) is 0 Å². The molecule has 3 nitrogen and oxygen atoms in total. The van der Waals surface area contributed by atoms with Gasteiger partial charge < -0.3 is 10.6 Å². The molecule has 0 fully saturated rings. The van der Waals surface area contributed by atoms with E-state index >= 15 is 0 Å². The normalized spacial score (nSPS) is 13.7. The summed E-state index contributed by atoms with van der Waals surface area (Å²) in [6.07, 6.45) is 3.48. The lowest BCUT2D eigenvalue weighted by atomic mass is 10.1. The summed E-state index contributed by atoms with van der Waals surface area (Å²) < 4.78 is 0. The Bertz CT molecular complexity index is 623. The van der Waals surface area contributed by atoms with Gasteiger partial charge in [-0.05, 0) is 25.0 Å². The van der Waals surface area contributed by atoms with Crippen LogP contribution in [0.15, 0.2) is 72.8 Å². The third kappa shape index (κ3) is 6.09. The van der Waals surface area contributed by atoms with Crippen molar-refractivity contribution in [3.8, 4) is 0 Å². The van der Waals surface area contributed by atoms with Crippen LogP contribution >= 0.6 is 0 Å². The van der Waals surface area contributed by atoms with Crippen molar-refractivity contribution in [2.45, 2.75) is 32.5 Å². The van der Waals surface area contributed by atoms with Gasteiger partial charge >= 0.3 is 0 Å². The van der Waals surface area contributed by atoms with Crippen LogP contribution in [0.25, 0.3) is 0 Å². The molecule has 120 valence electrons. The lowest BCUT2D eigenvalue weighted by molar-refractivity contribution is -0.117. The van der Waals surface area contributed by atoms with Crippen LogP contribution in [0.3, 0.4) is 0 Å². The standard InChI is InChI=1S/C20H24N2O/c1-16(21-15-18-9-5-3-6-10-18)13-14-20(23)22-17(2)19-11-7-4-8-12-19/h3-14,16-17,21H,15H2,1-2H3,(H,22,23)/b14-13+/t16-,17+/m1/s1. The molecule has 0 aliphatic rings. The summed E-state index contributed by atoms with van der Waals surface area (Å²) in [5.41, 5.74) is 2.33. The van der Waals surface area contributed by atoms with E-state index in [0.717, 1.165) is 12.1 Å². The molecule has 0 saturated carbocycles. The van der Waals surface area contributed by atoms with Crippen molar-refractivity contribution >= 4 is 5.91 Å². The van der Waals surface area contributed by atoms with Crippen LogP contribution in [0.5, 0.6) is 0 Å². The fraction of sp³-hybridized carbons (Fsp3) is 0.250. The number of nitrogens with one attached hydrogen (secondary N) is 2. The van der Waals surface area contributed by atoms with Crippen molar-refractivity contribution in [3.63, 3.8) is 0 Å². The topological polar surface area (TPSA) is 41.1 Å². The lowest BCUT2D eigenvalue weighted by Crippen LogP contribution is -2.27. The van der Waals surface area contributed by atoms with Crippen LogP contribution in [0, 0.1) is 0 Å². The van der Waals surface area contributed by atoms with Crippen LogP contribution in [-0.4, -0.2) is 11.9 Å². The van der Waals surface area contributed by atoms with E-state index in [9.17, 15) is 4.79 Å². The second-order valence-corrected chi connectivity index (χ2v) is 5.66. The van der Waals surface area contributed by atoms with Crippen LogP contribution in [0.1, 0.15) is 31.0 Å². The molecule has 2 aromatic rings. The van der Waals surface area contributed by atoms with Crippen LogP contribution in [0.2, 0.25) is 0 Å². The first kappa shape index (κ1) is 17.0. The monoisotopic (exact) mass is 308 g/mol. The minimum atomic E-state index is -0.0743. The van der Waals surface area contributed by atoms with Crippen molar-refractivity contribution < 1.29 is 4.79 Å². The zero-order valence-corrected chi connectivity index (χ0v) is 13.7. The Balaban J connectivity index is 1.76. The Morgan fingerprint density at radius 3 is 2.26 bits per heavy atom. The van der Waals surface area contributed by atoms with Crippen molar-refractivity contribution in [1.82, 2.24) is 10.6 Å². The highest BCUT2D eigenvalue weighted by molar-refractivity contribution is 5.87. The summed E-state index contributed by atoms with van der Waals surface area (Å²) in [5, 5.41) is 6.34. The van der Waals surface area contributed by atoms with Gasteiger partial charge in [0.05, 0.1) is 6.04 Å². The first-order valence-corrected chi connectivity index (χ1v) is 7.96. The zero-order chi connectivity index (χ0) is 16.5. The van der Waals surface area contributed by atoms with Crippen LogP contribution < -0.4 is 10.6 Å². The largest absolute Gasteiger partial charge is 0.346 e. The first-order valence-electron chi connectivity index (χ1n) is 7.96. The maximum Gasteiger partial charge on any atom is 0.244 e. The Morgan fingerprint density at radius 1 is 1.00 bits per heavy atom. The lowest BCUT2D eigenvalue weighted by Gasteiger charge is -2.13. The van der Waals surface area contributed by atoms with E-state index in [0.29, 0.717) is 0 Å². The average molecular weight is 308 g/mol. The minimum absolute atomic E-state index is 0.000865. The molecule has 0 aliphatic carbocycles. The molecule has 3 heteroatoms. The van der Waals surface area contributed by atoms with E-state index in [1.54, 1.807) is 6.08 Å². The minimum Gasteiger partial charge on any atom is -0.346 e. The zero-order valence-electron chi connectivity index (χ0n) is 13.7. The summed E-state index contributed by atoms with van der Waals surface area (Å²) in [6.45, 7) is 4.81. The van der Waals surface area contributed by atoms with E-state index in [1.165, 1.54) is 5.56 Å². The second-order valence-electron chi connectivity index (χ2n) is 5.66. The molecule has 0 spiro atoms. The molecule has 0 aromatic heterocycles. The number of rotatable bonds is 7. The number of amides is 1. The van der Waals surface area contributed by atoms with Gasteiger partial charge in [0, 0.05) is 18.7 Å². The Labute approximate surface area is 138 Å². The Kier molecular flexibility index (Phi) is 6.57. The van der Waals surface area contributed by atoms with Gasteiger partial charge in [0.25, 0.3) is 0 Å². The van der Waals surface area contributed by atoms with E-state index in [4.69, 9.17) is 0 Å². The van der Waals surface area contributed by atoms with Crippen LogP contribution in [0.4, 0.5) is 0 Å². The highest BCUT2D eigenvalue weighted by Gasteiger charge is 2.06. The molecule has 23 heavy (non-hydrogen) atoms. The molecule has 0 bridgehead atoms. The van der Waals surface area contributed by atoms with Gasteiger partial charge in [-0.2, -0.15) is 0 Å². The van der Waals surface area contributed by atoms with Gasteiger partial charge in [0.2, 0.25) is 5.91 Å². The number of carbonyl (C=O) groups excluding carboxylic acids is 1. The van der Waals surface area contributed by atoms with Gasteiger partial charge in [0.1, 0.15) is 0 Å². The van der Waals surface area contributed by atoms with Crippen molar-refractivity contribution in [3.05, 3.63) is 83.9 Å². The fourth-order valence-electron chi connectivity index (χ4n) is 2.26. The third-order valence-electron chi connectivity index (χ3n) is 3.67. The fourth-order valence-corrected chi connectivity index (χ4v) is 2.26. The van der Waals surface area contributed by atoms with Gasteiger partial charge in [-0.15, -0.1) is 0 Å². The number of hydrogen-bond acceptors (Lipinski definition) is 2. The first-order chi connectivity index (χ1) is 11.1. The molecule has 0 aliphatic heterocycles. The molecule has 0 saturated heterocycles. The quantitative estimate of drug-likeness (QED) is 0.767. The van der Waals surface area contributed by atoms with Gasteiger partial charge in [-0.3, -0.25) is 4.79 Å². The Morgan fingerprint density at radius 2 is 1.61 bits per heavy atom. The molecule has 2 aromatic carbocycles. The van der Waals surface area contributed by atoms with E-state index in [2.05, 4.69) is 22.8 Å². The smallest absolute Gasteiger partial charge is 0.244 e. The molecule has 1 amide bonds. The van der Waals surface area contributed by atoms with Gasteiger partial charge in [-0.25, -0.2) is 0 Å². The highest BCUT2D eigenvalue weighted by atomic mass is 16.1. The van der Waals surface area contributed by atoms with Crippen molar-refractivity contribution in [2.24, 2.45) is 0 Å². The van der Waals surface area contributed by atoms with Gasteiger partial charge in [-0.1, -0.05) is 66.7 Å². The summed E-state index contributed by atoms with van der Waals surface area (Å²) in [4.78, 5) is 12.0. The third-order valence-corrected chi connectivity index (χ3v) is 3.67. The maximum absolute atomic E-state index is 12.0. The summed E-state index contributed by atoms with van der Waals surface area (Å²) in [7, 11) is 0. The van der Waals surface area contributed by atoms with E-state index in [1.807, 2.05) is 68.5 Å². The average Bonchev–Trinajstić information content (AvgIpc) is 2.60. The molecule has 2 atom stereocenters. The van der Waals surface area contributed by atoms with E-state index in [-0.39, 0.29) is 18.0 Å². The summed E-state index contributed by atoms with van der Waals surface area (Å²) in [5.74, 6) is -0.0743. The molecule has 2 rings (SSSR count). The second kappa shape index (κ2) is 8.91. The number of carbonyl (C=O) groups is 1. The molecular formula is C20H24N2O. The summed E-state index contributed by atoms with van der Waals surface area (Å²) >= 11 is 0.